The molecule has 0 bridgehead atoms. The Labute approximate surface area is 295 Å². The molecule has 10 heteroatoms. The third-order valence-electron chi connectivity index (χ3n) is 6.20. The summed E-state index contributed by atoms with van der Waals surface area (Å²) in [6.45, 7) is 3.24. The van der Waals surface area contributed by atoms with E-state index in [0.717, 1.165) is 51.4 Å². The van der Waals surface area contributed by atoms with Crippen molar-refractivity contribution in [3.63, 3.8) is 0 Å². The molecule has 0 saturated carbocycles. The van der Waals surface area contributed by atoms with Crippen molar-refractivity contribution in [1.29, 1.82) is 0 Å². The Morgan fingerprint density at radius 3 is 1.49 bits per heavy atom. The maximum Gasteiger partial charge on any atom is 0.472 e. The molecular formula is C39H60NO8P. The van der Waals surface area contributed by atoms with Gasteiger partial charge >= 0.3 is 19.8 Å². The molecule has 0 aliphatic carbocycles. The lowest BCUT2D eigenvalue weighted by molar-refractivity contribution is -0.160. The van der Waals surface area contributed by atoms with Crippen LogP contribution in [-0.4, -0.2) is 49.3 Å². The fourth-order valence-corrected chi connectivity index (χ4v) is 4.49. The van der Waals surface area contributed by atoms with Gasteiger partial charge in [-0.15, -0.1) is 0 Å². The average molecular weight is 702 g/mol. The fraction of sp³-hybridized carbons (Fsp3) is 0.487. The second-order valence-electron chi connectivity index (χ2n) is 10.6. The lowest BCUT2D eigenvalue weighted by atomic mass is 10.2. The molecule has 0 aliphatic heterocycles. The number of hydrogen-bond acceptors (Lipinski definition) is 8. The summed E-state index contributed by atoms with van der Waals surface area (Å²) in [4.78, 5) is 34.5. The smallest absolute Gasteiger partial charge is 0.462 e. The van der Waals surface area contributed by atoms with Gasteiger partial charge in [0.15, 0.2) is 6.10 Å². The number of allylic oxidation sites excluding steroid dienone is 17. The zero-order valence-electron chi connectivity index (χ0n) is 29.6. The molecule has 0 aromatic carbocycles. The Kier molecular flexibility index (Phi) is 32.2. The van der Waals surface area contributed by atoms with Gasteiger partial charge < -0.3 is 20.1 Å². The van der Waals surface area contributed by atoms with E-state index in [4.69, 9.17) is 24.3 Å². The summed E-state index contributed by atoms with van der Waals surface area (Å²) in [5.74, 6) is -1.09. The fourth-order valence-electron chi connectivity index (χ4n) is 3.72. The molecule has 0 aliphatic rings. The van der Waals surface area contributed by atoms with Crippen molar-refractivity contribution >= 4 is 19.8 Å². The maximum atomic E-state index is 12.4. The summed E-state index contributed by atoms with van der Waals surface area (Å²) in [6.07, 6.45) is 44.6. The first-order chi connectivity index (χ1) is 23.8. The minimum atomic E-state index is -4.42. The van der Waals surface area contributed by atoms with Crippen molar-refractivity contribution in [2.24, 2.45) is 5.73 Å². The highest BCUT2D eigenvalue weighted by Gasteiger charge is 2.25. The lowest BCUT2D eigenvalue weighted by Crippen LogP contribution is -2.29. The van der Waals surface area contributed by atoms with Crippen LogP contribution in [0.15, 0.2) is 109 Å². The standard InChI is InChI=1S/C39H60NO8P/c1-3-5-7-9-11-13-15-17-18-20-22-24-26-28-30-32-39(42)48-37(36-47-49(43,44)46-34-33-40)35-45-38(41)31-29-27-25-23-21-19-16-14-12-10-8-6-4-2/h5-8,11-14,17-19,21-22,24-25,27-28,30,37H,3-4,9-10,15-16,20,23,26,29,31-36,40H2,1-2H3,(H,43,44)/b7-5-,8-6-,13-11-,14-12-,18-17-,21-19-,24-22-,27-25-,30-28-. The summed E-state index contributed by atoms with van der Waals surface area (Å²) in [5, 5.41) is 0. The van der Waals surface area contributed by atoms with Crippen LogP contribution < -0.4 is 5.73 Å². The lowest BCUT2D eigenvalue weighted by Gasteiger charge is -2.19. The molecule has 0 radical (unpaired) electrons. The van der Waals surface area contributed by atoms with Crippen molar-refractivity contribution in [1.82, 2.24) is 0 Å². The molecular weight excluding hydrogens is 641 g/mol. The van der Waals surface area contributed by atoms with Crippen molar-refractivity contribution in [3.05, 3.63) is 109 Å². The van der Waals surface area contributed by atoms with E-state index in [9.17, 15) is 19.0 Å². The summed E-state index contributed by atoms with van der Waals surface area (Å²) in [6, 6.07) is 0. The Balaban J connectivity index is 4.57. The second-order valence-corrected chi connectivity index (χ2v) is 12.1. The van der Waals surface area contributed by atoms with Crippen LogP contribution in [0.2, 0.25) is 0 Å². The monoisotopic (exact) mass is 701 g/mol. The molecule has 0 spiro atoms. The van der Waals surface area contributed by atoms with Crippen LogP contribution in [-0.2, 0) is 32.7 Å². The Bertz CT molecular complexity index is 1160. The van der Waals surface area contributed by atoms with Crippen molar-refractivity contribution < 1.29 is 37.6 Å². The van der Waals surface area contributed by atoms with E-state index in [-0.39, 0.29) is 32.6 Å². The molecule has 49 heavy (non-hydrogen) atoms. The second kappa shape index (κ2) is 34.5. The zero-order chi connectivity index (χ0) is 36.1. The highest BCUT2D eigenvalue weighted by Crippen LogP contribution is 2.43. The van der Waals surface area contributed by atoms with E-state index in [1.807, 2.05) is 24.3 Å². The number of phosphoric ester groups is 1. The third-order valence-corrected chi connectivity index (χ3v) is 7.18. The minimum Gasteiger partial charge on any atom is -0.462 e. The van der Waals surface area contributed by atoms with Gasteiger partial charge in [0.05, 0.1) is 19.6 Å². The van der Waals surface area contributed by atoms with Crippen molar-refractivity contribution in [3.8, 4) is 0 Å². The van der Waals surface area contributed by atoms with Gasteiger partial charge in [0.25, 0.3) is 0 Å². The first-order valence-corrected chi connectivity index (χ1v) is 18.9. The molecule has 3 N–H and O–H groups in total. The van der Waals surface area contributed by atoms with E-state index in [1.54, 1.807) is 6.08 Å². The minimum absolute atomic E-state index is 0.0236. The van der Waals surface area contributed by atoms with Crippen LogP contribution in [0, 0.1) is 0 Å². The average Bonchev–Trinajstić information content (AvgIpc) is 3.08. The van der Waals surface area contributed by atoms with Gasteiger partial charge in [0, 0.05) is 13.0 Å². The Hall–Kier alpha value is -3.33. The predicted octanol–water partition coefficient (Wildman–Crippen LogP) is 9.26. The maximum absolute atomic E-state index is 12.4. The number of phosphoric acid groups is 1. The number of hydrogen-bond donors (Lipinski definition) is 2. The highest BCUT2D eigenvalue weighted by atomic mass is 31.2. The third kappa shape index (κ3) is 34.3. The normalized spacial score (nSPS) is 14.8. The van der Waals surface area contributed by atoms with Gasteiger partial charge in [0.2, 0.25) is 0 Å². The topological polar surface area (TPSA) is 134 Å². The van der Waals surface area contributed by atoms with Gasteiger partial charge in [-0.05, 0) is 64.2 Å². The van der Waals surface area contributed by atoms with Gasteiger partial charge in [-0.2, -0.15) is 0 Å². The number of carbonyl (C=O) groups is 2. The highest BCUT2D eigenvalue weighted by molar-refractivity contribution is 7.47. The van der Waals surface area contributed by atoms with Gasteiger partial charge in [-0.3, -0.25) is 18.6 Å². The molecule has 274 valence electrons. The van der Waals surface area contributed by atoms with Crippen LogP contribution in [0.3, 0.4) is 0 Å². The largest absolute Gasteiger partial charge is 0.472 e. The summed E-state index contributed by atoms with van der Waals surface area (Å²) >= 11 is 0. The van der Waals surface area contributed by atoms with Gasteiger partial charge in [-0.25, -0.2) is 4.57 Å². The van der Waals surface area contributed by atoms with E-state index < -0.39 is 32.5 Å². The van der Waals surface area contributed by atoms with Crippen LogP contribution in [0.25, 0.3) is 0 Å². The first-order valence-electron chi connectivity index (χ1n) is 17.4. The van der Waals surface area contributed by atoms with Crippen LogP contribution in [0.5, 0.6) is 0 Å². The molecule has 0 rings (SSSR count). The summed E-state index contributed by atoms with van der Waals surface area (Å²) in [7, 11) is -4.42. The predicted molar refractivity (Wildman–Crippen MR) is 201 cm³/mol. The molecule has 0 heterocycles. The quantitative estimate of drug-likeness (QED) is 0.0427. The van der Waals surface area contributed by atoms with Crippen LogP contribution in [0.4, 0.5) is 0 Å². The SMILES string of the molecule is CC/C=C\C/C=C\C/C=C\C/C=C\C/C=C\CC(=O)OC(COC(=O)CC/C=C\C/C=C\C/C=C\C/C=C\CC)COP(=O)(O)OCCN. The van der Waals surface area contributed by atoms with Crippen molar-refractivity contribution in [2.75, 3.05) is 26.4 Å². The zero-order valence-corrected chi connectivity index (χ0v) is 30.5. The summed E-state index contributed by atoms with van der Waals surface area (Å²) < 4.78 is 32.3. The van der Waals surface area contributed by atoms with E-state index in [1.165, 1.54) is 0 Å². The number of carbonyl (C=O) groups excluding carboxylic acids is 2. The molecule has 9 nitrogen and oxygen atoms in total. The van der Waals surface area contributed by atoms with E-state index in [0.29, 0.717) is 12.8 Å². The number of rotatable bonds is 30. The summed E-state index contributed by atoms with van der Waals surface area (Å²) in [5.41, 5.74) is 5.31. The molecule has 2 unspecified atom stereocenters. The molecule has 0 amide bonds. The van der Waals surface area contributed by atoms with E-state index >= 15 is 0 Å². The molecule has 0 fully saturated rings. The van der Waals surface area contributed by atoms with Crippen LogP contribution >= 0.6 is 7.82 Å². The van der Waals surface area contributed by atoms with Gasteiger partial charge in [0.1, 0.15) is 6.61 Å². The van der Waals surface area contributed by atoms with Gasteiger partial charge in [-0.1, -0.05) is 123 Å². The first kappa shape index (κ1) is 45.7. The molecule has 0 aromatic rings. The van der Waals surface area contributed by atoms with E-state index in [2.05, 4.69) is 92.8 Å². The molecule has 2 atom stereocenters. The van der Waals surface area contributed by atoms with Crippen LogP contribution in [0.1, 0.15) is 90.9 Å². The van der Waals surface area contributed by atoms with Crippen molar-refractivity contribution in [2.45, 2.75) is 97.0 Å². The number of nitrogens with two attached hydrogens (primary N) is 1. The molecule has 0 aromatic heterocycles. The Morgan fingerprint density at radius 2 is 1.04 bits per heavy atom. The number of esters is 2. The molecule has 0 saturated heterocycles. The Morgan fingerprint density at radius 1 is 0.612 bits per heavy atom. The number of ether oxygens (including phenoxy) is 2.